The van der Waals surface area contributed by atoms with E-state index in [2.05, 4.69) is 25.1 Å². The van der Waals surface area contributed by atoms with Gasteiger partial charge in [0.2, 0.25) is 0 Å². The van der Waals surface area contributed by atoms with Crippen LogP contribution in [0.4, 0.5) is 0 Å². The van der Waals surface area contributed by atoms with Crippen LogP contribution in [-0.4, -0.2) is 17.7 Å². The number of hydrogen-bond acceptors (Lipinski definition) is 4. The SMILES string of the molecule is CCCC1=C(CC)CCC(c2conc2C(=O)OCC)=C1. The first-order chi connectivity index (χ1) is 10.2. The maximum atomic E-state index is 11.9. The lowest BCUT2D eigenvalue weighted by atomic mass is 9.86. The van der Waals surface area contributed by atoms with Crippen LogP contribution in [0.15, 0.2) is 28.0 Å². The smallest absolute Gasteiger partial charge is 0.361 e. The number of carbonyl (C=O) groups excluding carboxylic acids is 1. The van der Waals surface area contributed by atoms with Crippen LogP contribution in [0.3, 0.4) is 0 Å². The molecule has 1 aliphatic rings. The van der Waals surface area contributed by atoms with E-state index in [0.717, 1.165) is 43.2 Å². The minimum atomic E-state index is -0.413. The summed E-state index contributed by atoms with van der Waals surface area (Å²) in [7, 11) is 0. The van der Waals surface area contributed by atoms with E-state index in [1.165, 1.54) is 11.1 Å². The van der Waals surface area contributed by atoms with Crippen molar-refractivity contribution in [2.24, 2.45) is 0 Å². The average Bonchev–Trinajstić information content (AvgIpc) is 2.97. The van der Waals surface area contributed by atoms with Crippen LogP contribution in [0.2, 0.25) is 0 Å². The van der Waals surface area contributed by atoms with Crippen molar-refractivity contribution in [2.45, 2.75) is 52.9 Å². The second-order valence-corrected chi connectivity index (χ2v) is 5.20. The van der Waals surface area contributed by atoms with Gasteiger partial charge in [-0.1, -0.05) is 37.1 Å². The first-order valence-corrected chi connectivity index (χ1v) is 7.74. The molecule has 2 rings (SSSR count). The normalized spacial score (nSPS) is 15.1. The highest BCUT2D eigenvalue weighted by Gasteiger charge is 2.22. The molecule has 0 saturated carbocycles. The zero-order valence-corrected chi connectivity index (χ0v) is 13.1. The zero-order chi connectivity index (χ0) is 15.2. The Hall–Kier alpha value is -1.84. The molecule has 0 spiro atoms. The molecule has 1 heterocycles. The van der Waals surface area contributed by atoms with Gasteiger partial charge in [0.15, 0.2) is 5.69 Å². The minimum Gasteiger partial charge on any atom is -0.461 e. The number of ether oxygens (including phenoxy) is 1. The third-order valence-electron chi connectivity index (χ3n) is 3.83. The van der Waals surface area contributed by atoms with E-state index in [1.54, 1.807) is 13.2 Å². The molecule has 0 atom stereocenters. The van der Waals surface area contributed by atoms with Crippen molar-refractivity contribution in [3.05, 3.63) is 34.7 Å². The molecule has 1 aromatic rings. The Bertz CT molecular complexity index is 566. The fraction of sp³-hybridized carbons (Fsp3) is 0.529. The summed E-state index contributed by atoms with van der Waals surface area (Å²) >= 11 is 0. The Kier molecular flexibility index (Phi) is 5.37. The van der Waals surface area contributed by atoms with Crippen LogP contribution in [0.1, 0.15) is 68.9 Å². The van der Waals surface area contributed by atoms with Crippen LogP contribution in [0.25, 0.3) is 5.57 Å². The third kappa shape index (κ3) is 3.43. The van der Waals surface area contributed by atoms with Gasteiger partial charge < -0.3 is 9.26 Å². The average molecular weight is 289 g/mol. The second-order valence-electron chi connectivity index (χ2n) is 5.20. The molecule has 1 aliphatic carbocycles. The van der Waals surface area contributed by atoms with Gasteiger partial charge >= 0.3 is 5.97 Å². The van der Waals surface area contributed by atoms with E-state index in [4.69, 9.17) is 9.26 Å². The van der Waals surface area contributed by atoms with Gasteiger partial charge in [-0.15, -0.1) is 0 Å². The lowest BCUT2D eigenvalue weighted by molar-refractivity contribution is 0.0514. The first kappa shape index (κ1) is 15.5. The lowest BCUT2D eigenvalue weighted by Crippen LogP contribution is -2.08. The Labute approximate surface area is 125 Å². The van der Waals surface area contributed by atoms with Crippen molar-refractivity contribution >= 4 is 11.5 Å². The Morgan fingerprint density at radius 3 is 2.81 bits per heavy atom. The molecule has 0 amide bonds. The van der Waals surface area contributed by atoms with Gasteiger partial charge in [-0.05, 0) is 43.8 Å². The highest BCUT2D eigenvalue weighted by Crippen LogP contribution is 2.34. The molecule has 21 heavy (non-hydrogen) atoms. The second kappa shape index (κ2) is 7.25. The van der Waals surface area contributed by atoms with Crippen molar-refractivity contribution in [2.75, 3.05) is 6.61 Å². The Balaban J connectivity index is 2.33. The summed E-state index contributed by atoms with van der Waals surface area (Å²) in [4.78, 5) is 11.9. The van der Waals surface area contributed by atoms with Crippen LogP contribution in [-0.2, 0) is 4.74 Å². The summed E-state index contributed by atoms with van der Waals surface area (Å²) in [5, 5.41) is 3.81. The molecule has 0 saturated heterocycles. The predicted molar refractivity (Wildman–Crippen MR) is 81.9 cm³/mol. The maximum absolute atomic E-state index is 11.9. The monoisotopic (exact) mass is 289 g/mol. The molecule has 0 aromatic carbocycles. The van der Waals surface area contributed by atoms with Gasteiger partial charge in [0.25, 0.3) is 0 Å². The molecule has 0 radical (unpaired) electrons. The van der Waals surface area contributed by atoms with Crippen molar-refractivity contribution in [1.29, 1.82) is 0 Å². The number of allylic oxidation sites excluding steroid dienone is 4. The fourth-order valence-electron chi connectivity index (χ4n) is 2.78. The van der Waals surface area contributed by atoms with Crippen molar-refractivity contribution in [3.63, 3.8) is 0 Å². The third-order valence-corrected chi connectivity index (χ3v) is 3.83. The highest BCUT2D eigenvalue weighted by atomic mass is 16.5. The molecule has 0 N–H and O–H groups in total. The van der Waals surface area contributed by atoms with Crippen molar-refractivity contribution in [1.82, 2.24) is 5.16 Å². The van der Waals surface area contributed by atoms with Crippen LogP contribution in [0.5, 0.6) is 0 Å². The lowest BCUT2D eigenvalue weighted by Gasteiger charge is -2.19. The maximum Gasteiger partial charge on any atom is 0.361 e. The van der Waals surface area contributed by atoms with Crippen LogP contribution < -0.4 is 0 Å². The number of rotatable bonds is 6. The molecule has 0 aliphatic heterocycles. The molecule has 0 fully saturated rings. The van der Waals surface area contributed by atoms with Crippen LogP contribution in [0, 0.1) is 0 Å². The van der Waals surface area contributed by atoms with Crippen LogP contribution >= 0.6 is 0 Å². The minimum absolute atomic E-state index is 0.291. The van der Waals surface area contributed by atoms with E-state index in [-0.39, 0.29) is 0 Å². The number of nitrogens with zero attached hydrogens (tertiary/aromatic N) is 1. The summed E-state index contributed by atoms with van der Waals surface area (Å²) in [6.07, 6.45) is 9.02. The molecule has 0 bridgehead atoms. The van der Waals surface area contributed by atoms with E-state index in [1.807, 2.05) is 0 Å². The molecule has 0 unspecified atom stereocenters. The summed E-state index contributed by atoms with van der Waals surface area (Å²) in [6.45, 7) is 6.51. The van der Waals surface area contributed by atoms with E-state index in [9.17, 15) is 4.79 Å². The fourth-order valence-corrected chi connectivity index (χ4v) is 2.78. The summed E-state index contributed by atoms with van der Waals surface area (Å²) in [6, 6.07) is 0. The van der Waals surface area contributed by atoms with E-state index in [0.29, 0.717) is 12.3 Å². The van der Waals surface area contributed by atoms with Gasteiger partial charge in [-0.2, -0.15) is 0 Å². The topological polar surface area (TPSA) is 52.3 Å². The highest BCUT2D eigenvalue weighted by molar-refractivity contribution is 5.93. The largest absolute Gasteiger partial charge is 0.461 e. The van der Waals surface area contributed by atoms with Gasteiger partial charge in [0.1, 0.15) is 6.26 Å². The molecule has 4 nitrogen and oxygen atoms in total. The Morgan fingerprint density at radius 2 is 2.14 bits per heavy atom. The molecule has 1 aromatic heterocycles. The number of aromatic nitrogens is 1. The van der Waals surface area contributed by atoms with E-state index < -0.39 is 5.97 Å². The summed E-state index contributed by atoms with van der Waals surface area (Å²) in [5.41, 5.74) is 5.11. The van der Waals surface area contributed by atoms with E-state index >= 15 is 0 Å². The molecular weight excluding hydrogens is 266 g/mol. The number of esters is 1. The molecule has 114 valence electrons. The van der Waals surface area contributed by atoms with Gasteiger partial charge in [-0.3, -0.25) is 0 Å². The summed E-state index contributed by atoms with van der Waals surface area (Å²) in [5.74, 6) is -0.413. The quantitative estimate of drug-likeness (QED) is 0.722. The summed E-state index contributed by atoms with van der Waals surface area (Å²) < 4.78 is 10.0. The van der Waals surface area contributed by atoms with Crippen molar-refractivity contribution < 1.29 is 14.1 Å². The standard InChI is InChI=1S/C17H23NO3/c1-4-7-13-10-14(9-8-12(13)5-2)15-11-21-18-16(15)17(19)20-6-3/h10-11H,4-9H2,1-3H3. The molecular formula is C17H23NO3. The number of hydrogen-bond donors (Lipinski definition) is 0. The van der Waals surface area contributed by atoms with Gasteiger partial charge in [-0.25, -0.2) is 4.79 Å². The predicted octanol–water partition coefficient (Wildman–Crippen LogP) is 4.54. The number of carbonyl (C=O) groups is 1. The van der Waals surface area contributed by atoms with Gasteiger partial charge in [0, 0.05) is 0 Å². The zero-order valence-electron chi connectivity index (χ0n) is 13.1. The molecule has 4 heteroatoms. The van der Waals surface area contributed by atoms with Gasteiger partial charge in [0.05, 0.1) is 12.2 Å². The Morgan fingerprint density at radius 1 is 1.33 bits per heavy atom. The van der Waals surface area contributed by atoms with Crippen molar-refractivity contribution in [3.8, 4) is 0 Å². The first-order valence-electron chi connectivity index (χ1n) is 7.74.